The number of benzene rings is 1. The maximum absolute atomic E-state index is 6.19. The lowest BCUT2D eigenvalue weighted by atomic mass is 10.0. The molecule has 134 valence electrons. The van der Waals surface area contributed by atoms with Gasteiger partial charge in [0, 0.05) is 25.3 Å². The predicted octanol–water partition coefficient (Wildman–Crippen LogP) is 3.14. The summed E-state index contributed by atoms with van der Waals surface area (Å²) >= 11 is 0. The van der Waals surface area contributed by atoms with Gasteiger partial charge in [-0.05, 0) is 32.8 Å². The average molecular weight is 343 g/mol. The summed E-state index contributed by atoms with van der Waals surface area (Å²) in [6.45, 7) is 7.97. The number of hydrogen-bond acceptors (Lipinski definition) is 6. The molecular formula is C19H25N3O3. The summed E-state index contributed by atoms with van der Waals surface area (Å²) in [5.74, 6) is 2.57. The minimum absolute atomic E-state index is 0.236. The third-order valence-corrected chi connectivity index (χ3v) is 4.71. The Morgan fingerprint density at radius 3 is 2.96 bits per heavy atom. The molecule has 0 amide bonds. The first-order valence-electron chi connectivity index (χ1n) is 8.98. The molecule has 1 unspecified atom stereocenters. The van der Waals surface area contributed by atoms with Gasteiger partial charge in [-0.2, -0.15) is 0 Å². The van der Waals surface area contributed by atoms with E-state index in [-0.39, 0.29) is 11.5 Å². The highest BCUT2D eigenvalue weighted by Crippen LogP contribution is 2.30. The van der Waals surface area contributed by atoms with Crippen molar-refractivity contribution in [1.82, 2.24) is 15.1 Å². The number of aromatic nitrogens is 2. The van der Waals surface area contributed by atoms with Crippen LogP contribution in [-0.4, -0.2) is 40.5 Å². The van der Waals surface area contributed by atoms with E-state index in [1.807, 2.05) is 18.2 Å². The van der Waals surface area contributed by atoms with Crippen LogP contribution in [0.2, 0.25) is 0 Å². The summed E-state index contributed by atoms with van der Waals surface area (Å²) in [4.78, 5) is 2.31. The number of nitrogens with zero attached hydrogens (tertiary/aromatic N) is 3. The smallest absolute Gasteiger partial charge is 0.230 e. The van der Waals surface area contributed by atoms with Gasteiger partial charge in [-0.15, -0.1) is 10.2 Å². The van der Waals surface area contributed by atoms with Crippen LogP contribution in [0.3, 0.4) is 0 Å². The Hall–Kier alpha value is -1.92. The van der Waals surface area contributed by atoms with Crippen molar-refractivity contribution in [3.05, 3.63) is 41.6 Å². The van der Waals surface area contributed by atoms with Gasteiger partial charge in [0.1, 0.15) is 11.4 Å². The number of ether oxygens (including phenoxy) is 2. The van der Waals surface area contributed by atoms with Crippen LogP contribution in [0, 0.1) is 0 Å². The predicted molar refractivity (Wildman–Crippen MR) is 92.4 cm³/mol. The van der Waals surface area contributed by atoms with E-state index >= 15 is 0 Å². The Kier molecular flexibility index (Phi) is 4.48. The van der Waals surface area contributed by atoms with E-state index in [4.69, 9.17) is 13.9 Å². The van der Waals surface area contributed by atoms with E-state index in [1.165, 1.54) is 5.56 Å². The van der Waals surface area contributed by atoms with Crippen LogP contribution in [0.5, 0.6) is 5.75 Å². The van der Waals surface area contributed by atoms with Gasteiger partial charge in [0.2, 0.25) is 11.8 Å². The zero-order valence-electron chi connectivity index (χ0n) is 14.9. The monoisotopic (exact) mass is 343 g/mol. The van der Waals surface area contributed by atoms with Crippen LogP contribution in [0.15, 0.2) is 28.7 Å². The molecule has 6 heteroatoms. The molecule has 25 heavy (non-hydrogen) atoms. The molecule has 1 aromatic carbocycles. The molecule has 2 aliphatic rings. The zero-order valence-corrected chi connectivity index (χ0v) is 14.9. The molecule has 0 saturated carbocycles. The summed E-state index contributed by atoms with van der Waals surface area (Å²) in [5, 5.41) is 8.52. The summed E-state index contributed by atoms with van der Waals surface area (Å²) in [6, 6.07) is 8.21. The summed E-state index contributed by atoms with van der Waals surface area (Å²) in [5.41, 5.74) is 0.917. The number of hydrogen-bond donors (Lipinski definition) is 0. The maximum Gasteiger partial charge on any atom is 0.230 e. The molecule has 1 saturated heterocycles. The minimum atomic E-state index is -0.271. The highest BCUT2D eigenvalue weighted by molar-refractivity contribution is 5.34. The Morgan fingerprint density at radius 2 is 2.12 bits per heavy atom. The van der Waals surface area contributed by atoms with Crippen LogP contribution >= 0.6 is 0 Å². The Bertz CT molecular complexity index is 722. The van der Waals surface area contributed by atoms with Crippen molar-refractivity contribution in [1.29, 1.82) is 0 Å². The largest absolute Gasteiger partial charge is 0.486 e. The molecule has 0 radical (unpaired) electrons. The first-order valence-corrected chi connectivity index (χ1v) is 8.98. The fourth-order valence-corrected chi connectivity index (χ4v) is 3.63. The quantitative estimate of drug-likeness (QED) is 0.853. The number of para-hydroxylation sites is 1. The third-order valence-electron chi connectivity index (χ3n) is 4.71. The van der Waals surface area contributed by atoms with Gasteiger partial charge < -0.3 is 13.9 Å². The number of rotatable bonds is 3. The van der Waals surface area contributed by atoms with E-state index in [2.05, 4.69) is 35.0 Å². The Labute approximate surface area is 148 Å². The molecule has 1 atom stereocenters. The van der Waals surface area contributed by atoms with E-state index in [0.717, 1.165) is 38.3 Å². The SMILES string of the molecule is CC1(C)CN(Cc2nnc(C3CCCOC3)o2)Cc2ccccc2O1. The van der Waals surface area contributed by atoms with Gasteiger partial charge in [-0.1, -0.05) is 18.2 Å². The highest BCUT2D eigenvalue weighted by Gasteiger charge is 2.30. The second-order valence-corrected chi connectivity index (χ2v) is 7.56. The Morgan fingerprint density at radius 1 is 1.24 bits per heavy atom. The molecule has 0 bridgehead atoms. The van der Waals surface area contributed by atoms with E-state index in [1.54, 1.807) is 0 Å². The fraction of sp³-hybridized carbons (Fsp3) is 0.579. The van der Waals surface area contributed by atoms with E-state index in [9.17, 15) is 0 Å². The first-order chi connectivity index (χ1) is 12.1. The lowest BCUT2D eigenvalue weighted by Gasteiger charge is -2.28. The van der Waals surface area contributed by atoms with Crippen molar-refractivity contribution >= 4 is 0 Å². The molecule has 0 spiro atoms. The van der Waals surface area contributed by atoms with Crippen LogP contribution in [0.4, 0.5) is 0 Å². The summed E-state index contributed by atoms with van der Waals surface area (Å²) in [7, 11) is 0. The zero-order chi connectivity index (χ0) is 17.3. The van der Waals surface area contributed by atoms with Crippen molar-refractivity contribution in [3.8, 4) is 5.75 Å². The molecule has 4 rings (SSSR count). The molecule has 0 N–H and O–H groups in total. The molecular weight excluding hydrogens is 318 g/mol. The van der Waals surface area contributed by atoms with Crippen molar-refractivity contribution in [3.63, 3.8) is 0 Å². The Balaban J connectivity index is 1.49. The minimum Gasteiger partial charge on any atom is -0.486 e. The molecule has 2 aromatic rings. The lowest BCUT2D eigenvalue weighted by Crippen LogP contribution is -2.40. The van der Waals surface area contributed by atoms with Gasteiger partial charge in [0.05, 0.1) is 19.1 Å². The number of fused-ring (bicyclic) bond motifs is 1. The molecule has 0 aliphatic carbocycles. The fourth-order valence-electron chi connectivity index (χ4n) is 3.63. The van der Waals surface area contributed by atoms with Gasteiger partial charge in [-0.25, -0.2) is 0 Å². The van der Waals surface area contributed by atoms with Crippen LogP contribution < -0.4 is 4.74 Å². The molecule has 1 fully saturated rings. The molecule has 3 heterocycles. The maximum atomic E-state index is 6.19. The van der Waals surface area contributed by atoms with Gasteiger partial charge in [0.25, 0.3) is 0 Å². The summed E-state index contributed by atoms with van der Waals surface area (Å²) in [6.07, 6.45) is 2.11. The molecule has 2 aliphatic heterocycles. The van der Waals surface area contributed by atoms with Crippen molar-refractivity contribution in [2.75, 3.05) is 19.8 Å². The highest BCUT2D eigenvalue weighted by atomic mass is 16.5. The second kappa shape index (κ2) is 6.77. The molecule has 1 aromatic heterocycles. The molecule has 6 nitrogen and oxygen atoms in total. The van der Waals surface area contributed by atoms with Gasteiger partial charge in [-0.3, -0.25) is 4.90 Å². The van der Waals surface area contributed by atoms with Crippen molar-refractivity contribution < 1.29 is 13.9 Å². The van der Waals surface area contributed by atoms with E-state index in [0.29, 0.717) is 24.9 Å². The van der Waals surface area contributed by atoms with Crippen LogP contribution in [0.25, 0.3) is 0 Å². The standard InChI is InChI=1S/C19H25N3O3/c1-19(2)13-22(10-14-6-3-4-8-16(14)25-19)11-17-20-21-18(24-17)15-7-5-9-23-12-15/h3-4,6,8,15H,5,7,9-13H2,1-2H3. The van der Waals surface area contributed by atoms with E-state index < -0.39 is 0 Å². The second-order valence-electron chi connectivity index (χ2n) is 7.56. The third kappa shape index (κ3) is 3.85. The first kappa shape index (κ1) is 16.5. The van der Waals surface area contributed by atoms with Gasteiger partial charge >= 0.3 is 0 Å². The normalized spacial score (nSPS) is 23.5. The lowest BCUT2D eigenvalue weighted by molar-refractivity contribution is 0.0625. The summed E-state index contributed by atoms with van der Waals surface area (Å²) < 4.78 is 17.6. The van der Waals surface area contributed by atoms with Crippen LogP contribution in [0.1, 0.15) is 50.0 Å². The topological polar surface area (TPSA) is 60.6 Å². The van der Waals surface area contributed by atoms with Crippen LogP contribution in [-0.2, 0) is 17.8 Å². The van der Waals surface area contributed by atoms with Crippen molar-refractivity contribution in [2.24, 2.45) is 0 Å². The average Bonchev–Trinajstić information content (AvgIpc) is 3.00. The van der Waals surface area contributed by atoms with Gasteiger partial charge in [0.15, 0.2) is 0 Å². The van der Waals surface area contributed by atoms with Crippen molar-refractivity contribution in [2.45, 2.75) is 51.3 Å².